The number of ketones is 1. The molecule has 0 radical (unpaired) electrons. The molecule has 0 amide bonds. The number of anilines is 1. The van der Waals surface area contributed by atoms with Crippen molar-refractivity contribution in [2.24, 2.45) is 5.92 Å². The van der Waals surface area contributed by atoms with E-state index >= 15 is 0 Å². The van der Waals surface area contributed by atoms with E-state index in [2.05, 4.69) is 15.9 Å². The van der Waals surface area contributed by atoms with Crippen LogP contribution < -0.4 is 5.73 Å². The molecule has 3 nitrogen and oxygen atoms in total. The molecule has 1 aromatic carbocycles. The minimum absolute atomic E-state index is 0.0605. The first-order valence-corrected chi connectivity index (χ1v) is 6.15. The minimum atomic E-state index is 0.0605. The number of nitrogen functional groups attached to an aromatic ring is 1. The van der Waals surface area contributed by atoms with Crippen LogP contribution in [0.2, 0.25) is 0 Å². The van der Waals surface area contributed by atoms with Gasteiger partial charge in [0.25, 0.3) is 0 Å². The average molecular weight is 284 g/mol. The number of Topliss-reactive ketones (excluding diaryl/α,β-unsaturated/α-hetero) is 1. The molecule has 4 heteroatoms. The van der Waals surface area contributed by atoms with E-state index in [1.165, 1.54) is 0 Å². The molecule has 0 aromatic heterocycles. The number of hydrogen-bond acceptors (Lipinski definition) is 3. The number of halogens is 1. The van der Waals surface area contributed by atoms with Crippen molar-refractivity contribution in [3.63, 3.8) is 0 Å². The van der Waals surface area contributed by atoms with E-state index in [9.17, 15) is 4.79 Å². The summed E-state index contributed by atoms with van der Waals surface area (Å²) < 4.78 is 6.13. The molecule has 1 fully saturated rings. The topological polar surface area (TPSA) is 52.3 Å². The Hall–Kier alpha value is -0.870. The summed E-state index contributed by atoms with van der Waals surface area (Å²) in [4.78, 5) is 12.2. The lowest BCUT2D eigenvalue weighted by atomic mass is 9.90. The zero-order valence-corrected chi connectivity index (χ0v) is 10.5. The van der Waals surface area contributed by atoms with Crippen molar-refractivity contribution in [3.8, 4) is 0 Å². The van der Waals surface area contributed by atoms with Crippen molar-refractivity contribution in [3.05, 3.63) is 28.2 Å². The molecule has 0 bridgehead atoms. The summed E-state index contributed by atoms with van der Waals surface area (Å²) in [6.45, 7) is 1.34. The van der Waals surface area contributed by atoms with Crippen LogP contribution in [-0.2, 0) is 4.74 Å². The Morgan fingerprint density at radius 3 is 2.75 bits per heavy atom. The number of benzene rings is 1. The molecule has 1 saturated heterocycles. The highest BCUT2D eigenvalue weighted by Crippen LogP contribution is 2.25. The van der Waals surface area contributed by atoms with Gasteiger partial charge in [-0.15, -0.1) is 0 Å². The van der Waals surface area contributed by atoms with E-state index in [-0.39, 0.29) is 11.7 Å². The highest BCUT2D eigenvalue weighted by molar-refractivity contribution is 9.10. The van der Waals surface area contributed by atoms with Crippen LogP contribution in [0.3, 0.4) is 0 Å². The Morgan fingerprint density at radius 2 is 2.06 bits per heavy atom. The number of rotatable bonds is 2. The second-order valence-electron chi connectivity index (χ2n) is 3.98. The fourth-order valence-corrected chi connectivity index (χ4v) is 2.28. The van der Waals surface area contributed by atoms with Crippen molar-refractivity contribution < 1.29 is 9.53 Å². The van der Waals surface area contributed by atoms with Crippen LogP contribution in [0.5, 0.6) is 0 Å². The summed E-state index contributed by atoms with van der Waals surface area (Å²) in [7, 11) is 0. The predicted octanol–water partition coefficient (Wildman–Crippen LogP) is 2.64. The van der Waals surface area contributed by atoms with Gasteiger partial charge in [-0.2, -0.15) is 0 Å². The lowest BCUT2D eigenvalue weighted by molar-refractivity contribution is 0.0545. The Kier molecular flexibility index (Phi) is 3.61. The van der Waals surface area contributed by atoms with Gasteiger partial charge < -0.3 is 10.5 Å². The van der Waals surface area contributed by atoms with Crippen molar-refractivity contribution in [2.75, 3.05) is 18.9 Å². The van der Waals surface area contributed by atoms with Crippen LogP contribution in [0.25, 0.3) is 0 Å². The molecule has 2 rings (SSSR count). The minimum Gasteiger partial charge on any atom is -0.398 e. The summed E-state index contributed by atoms with van der Waals surface area (Å²) in [6.07, 6.45) is 1.59. The van der Waals surface area contributed by atoms with Gasteiger partial charge in [0.05, 0.1) is 0 Å². The van der Waals surface area contributed by atoms with Crippen LogP contribution in [0.4, 0.5) is 5.69 Å². The Bertz CT molecular complexity index is 400. The maximum atomic E-state index is 12.2. The van der Waals surface area contributed by atoms with Crippen LogP contribution in [0.15, 0.2) is 22.7 Å². The molecule has 1 aliphatic heterocycles. The summed E-state index contributed by atoms with van der Waals surface area (Å²) in [5.74, 6) is 0.201. The number of nitrogens with two attached hydrogens (primary N) is 1. The maximum absolute atomic E-state index is 12.2. The van der Waals surface area contributed by atoms with Gasteiger partial charge >= 0.3 is 0 Å². The van der Waals surface area contributed by atoms with E-state index in [4.69, 9.17) is 10.5 Å². The van der Waals surface area contributed by atoms with E-state index in [0.717, 1.165) is 17.3 Å². The standard InChI is InChI=1S/C12H14BrNO2/c13-9-1-2-11(14)10(7-9)12(15)8-3-5-16-6-4-8/h1-2,7-8H,3-6,14H2. The summed E-state index contributed by atoms with van der Waals surface area (Å²) in [5.41, 5.74) is 7.01. The van der Waals surface area contributed by atoms with Crippen LogP contribution in [0, 0.1) is 5.92 Å². The van der Waals surface area contributed by atoms with Gasteiger partial charge in [-0.3, -0.25) is 4.79 Å². The summed E-state index contributed by atoms with van der Waals surface area (Å²) in [6, 6.07) is 5.40. The van der Waals surface area contributed by atoms with E-state index in [0.29, 0.717) is 24.5 Å². The molecule has 0 saturated carbocycles. The van der Waals surface area contributed by atoms with Crippen molar-refractivity contribution in [1.82, 2.24) is 0 Å². The fourth-order valence-electron chi connectivity index (χ4n) is 1.92. The molecule has 0 spiro atoms. The van der Waals surface area contributed by atoms with E-state index in [1.807, 2.05) is 6.07 Å². The van der Waals surface area contributed by atoms with Gasteiger partial charge in [0.2, 0.25) is 0 Å². The molecular weight excluding hydrogens is 270 g/mol. The first kappa shape index (κ1) is 11.6. The largest absolute Gasteiger partial charge is 0.398 e. The number of hydrogen-bond donors (Lipinski definition) is 1. The first-order valence-electron chi connectivity index (χ1n) is 5.35. The smallest absolute Gasteiger partial charge is 0.168 e. The van der Waals surface area contributed by atoms with Gasteiger partial charge in [-0.25, -0.2) is 0 Å². The van der Waals surface area contributed by atoms with Crippen molar-refractivity contribution in [2.45, 2.75) is 12.8 Å². The number of ether oxygens (including phenoxy) is 1. The average Bonchev–Trinajstić information content (AvgIpc) is 2.32. The number of carbonyl (C=O) groups excluding carboxylic acids is 1. The Morgan fingerprint density at radius 1 is 1.38 bits per heavy atom. The third kappa shape index (κ3) is 2.44. The highest BCUT2D eigenvalue weighted by Gasteiger charge is 2.24. The molecule has 2 N–H and O–H groups in total. The Labute approximate surface area is 103 Å². The summed E-state index contributed by atoms with van der Waals surface area (Å²) in [5, 5.41) is 0. The van der Waals surface area contributed by atoms with Gasteiger partial charge in [-0.1, -0.05) is 15.9 Å². The molecule has 0 unspecified atom stereocenters. The molecule has 0 aliphatic carbocycles. The second-order valence-corrected chi connectivity index (χ2v) is 4.90. The SMILES string of the molecule is Nc1ccc(Br)cc1C(=O)C1CCOCC1. The normalized spacial score (nSPS) is 17.3. The Balaban J connectivity index is 2.22. The molecule has 1 aromatic rings. The van der Waals surface area contributed by atoms with Gasteiger partial charge in [0.15, 0.2) is 5.78 Å². The van der Waals surface area contributed by atoms with Crippen LogP contribution in [-0.4, -0.2) is 19.0 Å². The van der Waals surface area contributed by atoms with E-state index in [1.54, 1.807) is 12.1 Å². The molecule has 1 heterocycles. The van der Waals surface area contributed by atoms with Crippen LogP contribution in [0.1, 0.15) is 23.2 Å². The molecule has 0 atom stereocenters. The fraction of sp³-hybridized carbons (Fsp3) is 0.417. The lowest BCUT2D eigenvalue weighted by Gasteiger charge is -2.21. The van der Waals surface area contributed by atoms with Gasteiger partial charge in [0, 0.05) is 34.9 Å². The van der Waals surface area contributed by atoms with E-state index < -0.39 is 0 Å². The predicted molar refractivity (Wildman–Crippen MR) is 66.4 cm³/mol. The zero-order chi connectivity index (χ0) is 11.5. The first-order chi connectivity index (χ1) is 7.68. The van der Waals surface area contributed by atoms with Crippen molar-refractivity contribution in [1.29, 1.82) is 0 Å². The third-order valence-electron chi connectivity index (χ3n) is 2.87. The number of carbonyl (C=O) groups is 1. The van der Waals surface area contributed by atoms with Gasteiger partial charge in [0.1, 0.15) is 0 Å². The highest BCUT2D eigenvalue weighted by atomic mass is 79.9. The van der Waals surface area contributed by atoms with Crippen LogP contribution >= 0.6 is 15.9 Å². The summed E-state index contributed by atoms with van der Waals surface area (Å²) >= 11 is 3.36. The lowest BCUT2D eigenvalue weighted by Crippen LogP contribution is -2.24. The molecular formula is C12H14BrNO2. The molecule has 1 aliphatic rings. The monoisotopic (exact) mass is 283 g/mol. The van der Waals surface area contributed by atoms with Gasteiger partial charge in [-0.05, 0) is 31.0 Å². The van der Waals surface area contributed by atoms with Crippen molar-refractivity contribution >= 4 is 27.4 Å². The zero-order valence-electron chi connectivity index (χ0n) is 8.91. The molecule has 16 heavy (non-hydrogen) atoms. The third-order valence-corrected chi connectivity index (χ3v) is 3.37. The maximum Gasteiger partial charge on any atom is 0.168 e. The second kappa shape index (κ2) is 4.97. The molecule has 86 valence electrons. The quantitative estimate of drug-likeness (QED) is 0.671.